The van der Waals surface area contributed by atoms with Gasteiger partial charge in [-0.15, -0.1) is 0 Å². The average Bonchev–Trinajstić information content (AvgIpc) is 2.78. The van der Waals surface area contributed by atoms with Crippen molar-refractivity contribution in [3.05, 3.63) is 34.9 Å². The van der Waals surface area contributed by atoms with Gasteiger partial charge in [0.2, 0.25) is 0 Å². The van der Waals surface area contributed by atoms with E-state index in [-0.39, 0.29) is 0 Å². The van der Waals surface area contributed by atoms with Gasteiger partial charge in [-0.25, -0.2) is 0 Å². The summed E-state index contributed by atoms with van der Waals surface area (Å²) < 4.78 is 0. The van der Waals surface area contributed by atoms with Crippen LogP contribution >= 0.6 is 0 Å². The highest BCUT2D eigenvalue weighted by Crippen LogP contribution is 2.45. The summed E-state index contributed by atoms with van der Waals surface area (Å²) in [6, 6.07) is 7.62. The lowest BCUT2D eigenvalue weighted by molar-refractivity contribution is 0.195. The number of benzene rings is 1. The molecule has 0 aliphatic heterocycles. The van der Waals surface area contributed by atoms with Gasteiger partial charge in [0.1, 0.15) is 0 Å². The number of aryl methyl sites for hydroxylation is 2. The Hall–Kier alpha value is -0.820. The zero-order valence-corrected chi connectivity index (χ0v) is 14.6. The van der Waals surface area contributed by atoms with Gasteiger partial charge in [-0.3, -0.25) is 0 Å². The fourth-order valence-corrected chi connectivity index (χ4v) is 3.97. The van der Waals surface area contributed by atoms with Gasteiger partial charge in [-0.05, 0) is 74.1 Å². The fourth-order valence-electron chi connectivity index (χ4n) is 3.97. The minimum Gasteiger partial charge on any atom is -0.313 e. The van der Waals surface area contributed by atoms with E-state index in [1.165, 1.54) is 48.8 Å². The fraction of sp³-hybridized carbons (Fsp3) is 0.700. The molecule has 2 unspecified atom stereocenters. The molecule has 1 aromatic carbocycles. The van der Waals surface area contributed by atoms with Gasteiger partial charge in [0.25, 0.3) is 0 Å². The lowest BCUT2D eigenvalue weighted by atomic mass is 9.75. The van der Waals surface area contributed by atoms with Gasteiger partial charge in [-0.2, -0.15) is 0 Å². The molecule has 21 heavy (non-hydrogen) atoms. The van der Waals surface area contributed by atoms with E-state index in [9.17, 15) is 0 Å². The number of hydrogen-bond donors (Lipinski definition) is 1. The van der Waals surface area contributed by atoms with Gasteiger partial charge in [0, 0.05) is 6.04 Å². The van der Waals surface area contributed by atoms with Crippen molar-refractivity contribution in [2.75, 3.05) is 6.54 Å². The maximum absolute atomic E-state index is 3.85. The molecular weight excluding hydrogens is 254 g/mol. The van der Waals surface area contributed by atoms with Crippen LogP contribution in [0, 0.1) is 25.2 Å². The molecule has 1 N–H and O–H groups in total. The number of hydrogen-bond acceptors (Lipinski definition) is 1. The first-order valence-corrected chi connectivity index (χ1v) is 8.73. The first-order valence-electron chi connectivity index (χ1n) is 8.73. The molecule has 2 rings (SSSR count). The molecule has 118 valence electrons. The monoisotopic (exact) mass is 287 g/mol. The van der Waals surface area contributed by atoms with Gasteiger partial charge in [-0.1, -0.05) is 45.4 Å². The Morgan fingerprint density at radius 1 is 1.24 bits per heavy atom. The molecular formula is C20H33N. The van der Waals surface area contributed by atoms with Crippen LogP contribution in [0.2, 0.25) is 0 Å². The number of nitrogens with one attached hydrogen (secondary N) is 1. The largest absolute Gasteiger partial charge is 0.313 e. The van der Waals surface area contributed by atoms with Crippen LogP contribution in [0.15, 0.2) is 18.2 Å². The molecule has 1 fully saturated rings. The Balaban J connectivity index is 2.14. The van der Waals surface area contributed by atoms with Gasteiger partial charge in [0.15, 0.2) is 0 Å². The second kappa shape index (κ2) is 6.96. The smallest absolute Gasteiger partial charge is 0.0141 e. The van der Waals surface area contributed by atoms with Crippen molar-refractivity contribution in [1.29, 1.82) is 0 Å². The molecule has 0 bridgehead atoms. The van der Waals surface area contributed by atoms with E-state index in [2.05, 4.69) is 58.1 Å². The summed E-state index contributed by atoms with van der Waals surface area (Å²) in [4.78, 5) is 0. The van der Waals surface area contributed by atoms with E-state index in [0.29, 0.717) is 11.5 Å². The van der Waals surface area contributed by atoms with Crippen LogP contribution in [-0.4, -0.2) is 12.6 Å². The third-order valence-electron chi connectivity index (χ3n) is 5.51. The van der Waals surface area contributed by atoms with Crippen molar-refractivity contribution >= 4 is 0 Å². The summed E-state index contributed by atoms with van der Waals surface area (Å²) >= 11 is 0. The molecule has 0 radical (unpaired) electrons. The molecule has 1 heteroatoms. The van der Waals surface area contributed by atoms with E-state index in [1.54, 1.807) is 0 Å². The Morgan fingerprint density at radius 2 is 2.00 bits per heavy atom. The van der Waals surface area contributed by atoms with Crippen LogP contribution in [0.25, 0.3) is 0 Å². The predicted octanol–water partition coefficient (Wildman–Crippen LogP) is 5.04. The molecule has 0 amide bonds. The van der Waals surface area contributed by atoms with Crippen molar-refractivity contribution in [2.45, 2.75) is 72.8 Å². The van der Waals surface area contributed by atoms with Crippen molar-refractivity contribution in [1.82, 2.24) is 5.32 Å². The highest BCUT2D eigenvalue weighted by atomic mass is 14.9. The Labute approximate surface area is 131 Å². The predicted molar refractivity (Wildman–Crippen MR) is 92.8 cm³/mol. The summed E-state index contributed by atoms with van der Waals surface area (Å²) in [5.74, 6) is 0.811. The normalized spacial score (nSPS) is 22.4. The van der Waals surface area contributed by atoms with Crippen LogP contribution < -0.4 is 5.32 Å². The third-order valence-corrected chi connectivity index (χ3v) is 5.51. The quantitative estimate of drug-likeness (QED) is 0.773. The second-order valence-electron chi connectivity index (χ2n) is 7.67. The van der Waals surface area contributed by atoms with Crippen LogP contribution in [0.5, 0.6) is 0 Å². The van der Waals surface area contributed by atoms with Crippen LogP contribution in [0.1, 0.15) is 63.1 Å². The van der Waals surface area contributed by atoms with Gasteiger partial charge in [0.05, 0.1) is 0 Å². The first kappa shape index (κ1) is 16.5. The average molecular weight is 287 g/mol. The zero-order valence-electron chi connectivity index (χ0n) is 14.6. The Bertz CT molecular complexity index is 461. The van der Waals surface area contributed by atoms with Gasteiger partial charge < -0.3 is 5.32 Å². The molecule has 1 aliphatic carbocycles. The third kappa shape index (κ3) is 4.10. The van der Waals surface area contributed by atoms with Crippen molar-refractivity contribution in [3.8, 4) is 0 Å². The van der Waals surface area contributed by atoms with Crippen LogP contribution in [0.4, 0.5) is 0 Å². The topological polar surface area (TPSA) is 12.0 Å². The van der Waals surface area contributed by atoms with Crippen molar-refractivity contribution < 1.29 is 0 Å². The standard InChI is InChI=1S/C20H33N/c1-6-12-21-19(18-8-7-11-20(18,4)5)14-17-10-9-15(2)16(3)13-17/h9-10,13,18-19,21H,6-8,11-12,14H2,1-5H3. The van der Waals surface area contributed by atoms with E-state index in [1.807, 2.05) is 0 Å². The minimum absolute atomic E-state index is 0.491. The summed E-state index contributed by atoms with van der Waals surface area (Å²) in [5.41, 5.74) is 4.81. The minimum atomic E-state index is 0.491. The molecule has 0 aromatic heterocycles. The lowest BCUT2D eigenvalue weighted by Crippen LogP contribution is -2.42. The SMILES string of the molecule is CCCNC(Cc1ccc(C)c(C)c1)C1CCCC1(C)C. The first-order chi connectivity index (χ1) is 9.94. The molecule has 0 heterocycles. The molecule has 1 aromatic rings. The summed E-state index contributed by atoms with van der Waals surface area (Å²) in [5, 5.41) is 3.85. The van der Waals surface area contributed by atoms with Gasteiger partial charge >= 0.3 is 0 Å². The highest BCUT2D eigenvalue weighted by molar-refractivity contribution is 5.30. The molecule has 1 nitrogen and oxygen atoms in total. The maximum atomic E-state index is 3.85. The van der Waals surface area contributed by atoms with Crippen LogP contribution in [0.3, 0.4) is 0 Å². The van der Waals surface area contributed by atoms with Crippen LogP contribution in [-0.2, 0) is 6.42 Å². The molecule has 2 atom stereocenters. The molecule has 1 saturated carbocycles. The molecule has 0 spiro atoms. The second-order valence-corrected chi connectivity index (χ2v) is 7.67. The Kier molecular flexibility index (Phi) is 5.48. The molecule has 0 saturated heterocycles. The zero-order chi connectivity index (χ0) is 15.5. The van der Waals surface area contributed by atoms with E-state index < -0.39 is 0 Å². The summed E-state index contributed by atoms with van der Waals surface area (Å²) in [7, 11) is 0. The number of rotatable bonds is 6. The van der Waals surface area contributed by atoms with E-state index >= 15 is 0 Å². The van der Waals surface area contributed by atoms with Crippen molar-refractivity contribution in [3.63, 3.8) is 0 Å². The van der Waals surface area contributed by atoms with E-state index in [0.717, 1.165) is 12.5 Å². The Morgan fingerprint density at radius 3 is 2.57 bits per heavy atom. The summed E-state index contributed by atoms with van der Waals surface area (Å²) in [6.07, 6.45) is 6.56. The molecule has 1 aliphatic rings. The highest BCUT2D eigenvalue weighted by Gasteiger charge is 2.39. The summed E-state index contributed by atoms with van der Waals surface area (Å²) in [6.45, 7) is 12.8. The lowest BCUT2D eigenvalue weighted by Gasteiger charge is -2.35. The maximum Gasteiger partial charge on any atom is 0.0141 e. The van der Waals surface area contributed by atoms with E-state index in [4.69, 9.17) is 0 Å². The van der Waals surface area contributed by atoms with Crippen molar-refractivity contribution in [2.24, 2.45) is 11.3 Å².